The van der Waals surface area contributed by atoms with E-state index in [1.165, 1.54) is 7.11 Å². The Hall–Kier alpha value is -1.45. The maximum Gasteiger partial charge on any atom is 0.310 e. The SMILES string of the molecule is C=CC(C)C(C(=O)OC)C(C=O)C(=O)CC. The van der Waals surface area contributed by atoms with E-state index in [0.717, 1.165) is 0 Å². The lowest BCUT2D eigenvalue weighted by Gasteiger charge is -2.23. The fourth-order valence-electron chi connectivity index (χ4n) is 1.57. The van der Waals surface area contributed by atoms with Gasteiger partial charge in [0.25, 0.3) is 0 Å². The molecule has 0 N–H and O–H groups in total. The van der Waals surface area contributed by atoms with E-state index in [9.17, 15) is 14.4 Å². The van der Waals surface area contributed by atoms with Crippen molar-refractivity contribution in [3.05, 3.63) is 12.7 Å². The zero-order chi connectivity index (χ0) is 12.7. The van der Waals surface area contributed by atoms with Crippen LogP contribution in [-0.4, -0.2) is 25.1 Å². The predicted octanol–water partition coefficient (Wildman–Crippen LogP) is 1.39. The van der Waals surface area contributed by atoms with E-state index in [4.69, 9.17) is 0 Å². The second-order valence-corrected chi connectivity index (χ2v) is 3.63. The average Bonchev–Trinajstić information content (AvgIpc) is 2.32. The second kappa shape index (κ2) is 6.93. The predicted molar refractivity (Wildman–Crippen MR) is 59.7 cm³/mol. The van der Waals surface area contributed by atoms with Crippen LogP contribution in [0.1, 0.15) is 20.3 Å². The van der Waals surface area contributed by atoms with Crippen LogP contribution in [0.25, 0.3) is 0 Å². The average molecular weight is 226 g/mol. The summed E-state index contributed by atoms with van der Waals surface area (Å²) in [5.74, 6) is -2.79. The van der Waals surface area contributed by atoms with E-state index in [1.807, 2.05) is 0 Å². The number of carbonyl (C=O) groups is 3. The van der Waals surface area contributed by atoms with E-state index in [2.05, 4.69) is 11.3 Å². The number of hydrogen-bond acceptors (Lipinski definition) is 4. The van der Waals surface area contributed by atoms with Crippen LogP contribution in [0, 0.1) is 17.8 Å². The van der Waals surface area contributed by atoms with Crippen molar-refractivity contribution in [2.45, 2.75) is 20.3 Å². The Morgan fingerprint density at radius 2 is 2.00 bits per heavy atom. The molecule has 0 aliphatic rings. The van der Waals surface area contributed by atoms with Gasteiger partial charge in [0.15, 0.2) is 0 Å². The Labute approximate surface area is 95.7 Å². The molecule has 0 aromatic rings. The number of Topliss-reactive ketones (excluding diaryl/α,β-unsaturated/α-hetero) is 1. The molecule has 3 atom stereocenters. The van der Waals surface area contributed by atoms with Crippen LogP contribution < -0.4 is 0 Å². The summed E-state index contributed by atoms with van der Waals surface area (Å²) < 4.78 is 4.61. The van der Waals surface area contributed by atoms with E-state index < -0.39 is 17.8 Å². The Morgan fingerprint density at radius 3 is 2.31 bits per heavy atom. The van der Waals surface area contributed by atoms with Gasteiger partial charge in [-0.05, 0) is 5.92 Å². The molecule has 0 radical (unpaired) electrons. The monoisotopic (exact) mass is 226 g/mol. The van der Waals surface area contributed by atoms with Gasteiger partial charge in [0.1, 0.15) is 12.1 Å². The lowest BCUT2D eigenvalue weighted by Crippen LogP contribution is -2.35. The lowest BCUT2D eigenvalue weighted by molar-refractivity contribution is -0.152. The molecule has 0 spiro atoms. The van der Waals surface area contributed by atoms with Gasteiger partial charge in [-0.15, -0.1) is 6.58 Å². The van der Waals surface area contributed by atoms with Gasteiger partial charge >= 0.3 is 5.97 Å². The summed E-state index contributed by atoms with van der Waals surface area (Å²) in [4.78, 5) is 34.0. The molecule has 4 heteroatoms. The van der Waals surface area contributed by atoms with E-state index in [-0.39, 0.29) is 18.1 Å². The molecule has 0 rings (SSSR count). The number of esters is 1. The summed E-state index contributed by atoms with van der Waals surface area (Å²) >= 11 is 0. The highest BCUT2D eigenvalue weighted by Crippen LogP contribution is 2.24. The first-order valence-electron chi connectivity index (χ1n) is 5.21. The quantitative estimate of drug-likeness (QED) is 0.285. The minimum absolute atomic E-state index is 0.223. The molecule has 0 aromatic carbocycles. The Balaban J connectivity index is 5.12. The second-order valence-electron chi connectivity index (χ2n) is 3.63. The Bertz CT molecular complexity index is 283. The largest absolute Gasteiger partial charge is 0.469 e. The van der Waals surface area contributed by atoms with Crippen LogP contribution in [0.5, 0.6) is 0 Å². The number of ketones is 1. The van der Waals surface area contributed by atoms with Crippen molar-refractivity contribution in [1.29, 1.82) is 0 Å². The van der Waals surface area contributed by atoms with E-state index >= 15 is 0 Å². The molecule has 0 amide bonds. The molecular formula is C12H18O4. The number of ether oxygens (including phenoxy) is 1. The van der Waals surface area contributed by atoms with Gasteiger partial charge in [0.2, 0.25) is 0 Å². The smallest absolute Gasteiger partial charge is 0.310 e. The molecule has 0 saturated heterocycles. The van der Waals surface area contributed by atoms with E-state index in [0.29, 0.717) is 6.29 Å². The van der Waals surface area contributed by atoms with Gasteiger partial charge in [0.05, 0.1) is 18.9 Å². The molecule has 0 heterocycles. The summed E-state index contributed by atoms with van der Waals surface area (Å²) in [6.45, 7) is 6.95. The molecule has 16 heavy (non-hydrogen) atoms. The fraction of sp³-hybridized carbons (Fsp3) is 0.583. The lowest BCUT2D eigenvalue weighted by atomic mass is 9.80. The fourth-order valence-corrected chi connectivity index (χ4v) is 1.57. The molecule has 90 valence electrons. The zero-order valence-corrected chi connectivity index (χ0v) is 9.93. The van der Waals surface area contributed by atoms with Gasteiger partial charge in [-0.25, -0.2) is 0 Å². The van der Waals surface area contributed by atoms with Crippen molar-refractivity contribution in [2.24, 2.45) is 17.8 Å². The van der Waals surface area contributed by atoms with Crippen molar-refractivity contribution in [3.8, 4) is 0 Å². The van der Waals surface area contributed by atoms with Crippen LogP contribution in [-0.2, 0) is 19.1 Å². The zero-order valence-electron chi connectivity index (χ0n) is 9.93. The summed E-state index contributed by atoms with van der Waals surface area (Å²) in [6, 6.07) is 0. The minimum atomic E-state index is -0.939. The number of allylic oxidation sites excluding steroid dienone is 1. The van der Waals surface area contributed by atoms with E-state index in [1.54, 1.807) is 19.9 Å². The van der Waals surface area contributed by atoms with Gasteiger partial charge in [-0.1, -0.05) is 19.9 Å². The normalized spacial score (nSPS) is 15.7. The maximum atomic E-state index is 11.6. The number of methoxy groups -OCH3 is 1. The third-order valence-electron chi connectivity index (χ3n) is 2.67. The minimum Gasteiger partial charge on any atom is -0.469 e. The van der Waals surface area contributed by atoms with Crippen molar-refractivity contribution < 1.29 is 19.1 Å². The number of carbonyl (C=O) groups excluding carboxylic acids is 3. The molecule has 0 aromatic heterocycles. The van der Waals surface area contributed by atoms with Crippen molar-refractivity contribution in [3.63, 3.8) is 0 Å². The van der Waals surface area contributed by atoms with Crippen molar-refractivity contribution >= 4 is 18.0 Å². The van der Waals surface area contributed by atoms with Crippen LogP contribution in [0.2, 0.25) is 0 Å². The molecule has 4 nitrogen and oxygen atoms in total. The highest BCUT2D eigenvalue weighted by atomic mass is 16.5. The Morgan fingerprint density at radius 1 is 1.44 bits per heavy atom. The molecule has 3 unspecified atom stereocenters. The molecule has 0 aliphatic heterocycles. The van der Waals surface area contributed by atoms with Gasteiger partial charge in [0, 0.05) is 6.42 Å². The molecule has 0 bridgehead atoms. The topological polar surface area (TPSA) is 60.4 Å². The van der Waals surface area contributed by atoms with Crippen molar-refractivity contribution in [1.82, 2.24) is 0 Å². The maximum absolute atomic E-state index is 11.6. The molecular weight excluding hydrogens is 208 g/mol. The molecule has 0 fully saturated rings. The number of aldehydes is 1. The third kappa shape index (κ3) is 3.29. The molecule has 0 aliphatic carbocycles. The van der Waals surface area contributed by atoms with Gasteiger partial charge in [-0.3, -0.25) is 9.59 Å². The summed E-state index contributed by atoms with van der Waals surface area (Å²) in [7, 11) is 1.24. The summed E-state index contributed by atoms with van der Waals surface area (Å²) in [5, 5.41) is 0. The third-order valence-corrected chi connectivity index (χ3v) is 2.67. The van der Waals surface area contributed by atoms with Gasteiger partial charge in [-0.2, -0.15) is 0 Å². The first-order chi connectivity index (χ1) is 7.53. The van der Waals surface area contributed by atoms with Gasteiger partial charge < -0.3 is 9.53 Å². The molecule has 0 saturated carbocycles. The van der Waals surface area contributed by atoms with Crippen LogP contribution in [0.3, 0.4) is 0 Å². The van der Waals surface area contributed by atoms with Crippen LogP contribution >= 0.6 is 0 Å². The van der Waals surface area contributed by atoms with Crippen LogP contribution in [0.4, 0.5) is 0 Å². The standard InChI is InChI=1S/C12H18O4/c1-5-8(3)11(12(15)16-4)9(7-13)10(14)6-2/h5,7-9,11H,1,6H2,2-4H3. The summed E-state index contributed by atoms with van der Waals surface area (Å²) in [5.41, 5.74) is 0. The highest BCUT2D eigenvalue weighted by Gasteiger charge is 2.36. The summed E-state index contributed by atoms with van der Waals surface area (Å²) in [6.07, 6.45) is 2.29. The van der Waals surface area contributed by atoms with Crippen molar-refractivity contribution in [2.75, 3.05) is 7.11 Å². The van der Waals surface area contributed by atoms with Crippen LogP contribution in [0.15, 0.2) is 12.7 Å². The Kier molecular flexibility index (Phi) is 6.30. The number of rotatable bonds is 7. The first kappa shape index (κ1) is 14.6. The first-order valence-corrected chi connectivity index (χ1v) is 5.21. The number of hydrogen-bond donors (Lipinski definition) is 0. The highest BCUT2D eigenvalue weighted by molar-refractivity contribution is 5.97.